The average Bonchev–Trinajstić information content (AvgIpc) is 2.92. The number of nitro groups is 1. The van der Waals surface area contributed by atoms with Crippen molar-refractivity contribution in [2.24, 2.45) is 0 Å². The molecule has 2 aliphatic heterocycles. The van der Waals surface area contributed by atoms with Crippen molar-refractivity contribution in [1.82, 2.24) is 10.3 Å². The summed E-state index contributed by atoms with van der Waals surface area (Å²) < 4.78 is 16.7. The number of hydrogen-bond donors (Lipinski definition) is 1. The highest BCUT2D eigenvalue weighted by Gasteiger charge is 2.44. The lowest BCUT2D eigenvalue weighted by molar-refractivity contribution is -0.389. The number of rotatable bonds is 6. The van der Waals surface area contributed by atoms with E-state index in [4.69, 9.17) is 14.2 Å². The van der Waals surface area contributed by atoms with Crippen molar-refractivity contribution in [3.8, 4) is 5.75 Å². The molecule has 198 valence electrons. The van der Waals surface area contributed by atoms with Gasteiger partial charge in [-0.15, -0.1) is 0 Å². The number of hydrogen-bond acceptors (Lipinski definition) is 9. The number of aromatic nitrogens is 1. The number of ether oxygens (including phenoxy) is 3. The van der Waals surface area contributed by atoms with Crippen LogP contribution in [0.1, 0.15) is 55.7 Å². The highest BCUT2D eigenvalue weighted by Crippen LogP contribution is 2.46. The first kappa shape index (κ1) is 25.6. The van der Waals surface area contributed by atoms with Gasteiger partial charge in [-0.3, -0.25) is 4.79 Å². The third-order valence-electron chi connectivity index (χ3n) is 7.31. The summed E-state index contributed by atoms with van der Waals surface area (Å²) in [6.07, 6.45) is 1.57. The largest absolute Gasteiger partial charge is 0.496 e. The summed E-state index contributed by atoms with van der Waals surface area (Å²) in [6.45, 7) is 2.76. The van der Waals surface area contributed by atoms with Gasteiger partial charge in [0.15, 0.2) is 11.5 Å². The fourth-order valence-electron chi connectivity index (χ4n) is 5.54. The number of methoxy groups -OCH3 is 1. The monoisotopic (exact) mass is 519 g/mol. The Morgan fingerprint density at radius 1 is 1.13 bits per heavy atom. The van der Waals surface area contributed by atoms with Gasteiger partial charge in [0.1, 0.15) is 11.9 Å². The van der Waals surface area contributed by atoms with Crippen molar-refractivity contribution in [3.63, 3.8) is 0 Å². The molecule has 3 heterocycles. The Bertz CT molecular complexity index is 1340. The van der Waals surface area contributed by atoms with Gasteiger partial charge in [-0.2, -0.15) is 0 Å². The second-order valence-electron chi connectivity index (χ2n) is 9.65. The molecule has 2 aromatic rings. The van der Waals surface area contributed by atoms with E-state index in [9.17, 15) is 19.7 Å². The number of nitrogens with zero attached hydrogens (tertiary/aromatic N) is 2. The maximum Gasteiger partial charge on any atom is 0.363 e. The first-order chi connectivity index (χ1) is 18.4. The molecular weight excluding hydrogens is 490 g/mol. The summed E-state index contributed by atoms with van der Waals surface area (Å²) >= 11 is 0. The topological polar surface area (TPSA) is 130 Å². The van der Waals surface area contributed by atoms with Gasteiger partial charge < -0.3 is 29.6 Å². The molecule has 0 bridgehead atoms. The van der Waals surface area contributed by atoms with E-state index in [1.54, 1.807) is 20.1 Å². The zero-order valence-electron chi connectivity index (χ0n) is 21.3. The van der Waals surface area contributed by atoms with Crippen molar-refractivity contribution < 1.29 is 28.7 Å². The van der Waals surface area contributed by atoms with Crippen molar-refractivity contribution in [2.45, 2.75) is 50.5 Å². The fraction of sp³-hybridized carbons (Fsp3) is 0.393. The van der Waals surface area contributed by atoms with Crippen LogP contribution in [0.5, 0.6) is 5.75 Å². The van der Waals surface area contributed by atoms with Crippen molar-refractivity contribution in [1.29, 1.82) is 0 Å². The SMILES string of the molecule is COc1ccccc1C1CC(=O)C2=C(C1)NC(C)=C(C(=O)OC1CCOCC1)C2c1cccc([N+](=O)[O-])n1. The molecule has 38 heavy (non-hydrogen) atoms. The molecule has 2 unspecified atom stereocenters. The molecule has 1 aromatic heterocycles. The number of carbonyl (C=O) groups is 2. The maximum atomic E-state index is 13.8. The molecule has 1 saturated heterocycles. The smallest absolute Gasteiger partial charge is 0.363 e. The lowest BCUT2D eigenvalue weighted by atomic mass is 9.72. The molecule has 0 saturated carbocycles. The van der Waals surface area contributed by atoms with E-state index in [2.05, 4.69) is 10.3 Å². The Kier molecular flexibility index (Phi) is 7.24. The van der Waals surface area contributed by atoms with Crippen LogP contribution in [-0.2, 0) is 19.1 Å². The Balaban J connectivity index is 1.56. The van der Waals surface area contributed by atoms with Crippen LogP contribution in [0.15, 0.2) is 65.0 Å². The minimum Gasteiger partial charge on any atom is -0.496 e. The molecular formula is C28H29N3O7. The van der Waals surface area contributed by atoms with E-state index in [0.29, 0.717) is 55.2 Å². The first-order valence-electron chi connectivity index (χ1n) is 12.6. The summed E-state index contributed by atoms with van der Waals surface area (Å²) in [5.41, 5.74) is 3.04. The van der Waals surface area contributed by atoms with Crippen LogP contribution in [0.25, 0.3) is 0 Å². The predicted octanol–water partition coefficient (Wildman–Crippen LogP) is 4.08. The average molecular weight is 520 g/mol. The number of benzene rings is 1. The van der Waals surface area contributed by atoms with Gasteiger partial charge >= 0.3 is 11.8 Å². The van der Waals surface area contributed by atoms with E-state index in [1.807, 2.05) is 24.3 Å². The van der Waals surface area contributed by atoms with Crippen molar-refractivity contribution >= 4 is 17.6 Å². The van der Waals surface area contributed by atoms with Crippen LogP contribution in [0.4, 0.5) is 5.82 Å². The van der Waals surface area contributed by atoms with Crippen molar-refractivity contribution in [3.05, 3.63) is 86.4 Å². The number of allylic oxidation sites excluding steroid dienone is 3. The molecule has 10 nitrogen and oxygen atoms in total. The first-order valence-corrected chi connectivity index (χ1v) is 12.6. The Hall–Kier alpha value is -4.05. The highest BCUT2D eigenvalue weighted by molar-refractivity contribution is 6.04. The number of Topliss-reactive ketones (excluding diaryl/α,β-unsaturated/α-hetero) is 1. The lowest BCUT2D eigenvalue weighted by Crippen LogP contribution is -2.37. The Morgan fingerprint density at radius 2 is 1.89 bits per heavy atom. The number of esters is 1. The summed E-state index contributed by atoms with van der Waals surface area (Å²) in [5, 5.41) is 14.8. The number of pyridine rings is 1. The molecule has 0 spiro atoms. The van der Waals surface area contributed by atoms with Gasteiger partial charge in [-0.1, -0.05) is 18.2 Å². The molecule has 10 heteroatoms. The van der Waals surface area contributed by atoms with Crippen LogP contribution in [0, 0.1) is 10.1 Å². The van der Waals surface area contributed by atoms with Gasteiger partial charge in [0.25, 0.3) is 0 Å². The molecule has 1 aromatic carbocycles. The van der Waals surface area contributed by atoms with Crippen LogP contribution in [0.2, 0.25) is 0 Å². The summed E-state index contributed by atoms with van der Waals surface area (Å²) in [5.74, 6) is -1.39. The molecule has 1 fully saturated rings. The number of para-hydroxylation sites is 1. The van der Waals surface area contributed by atoms with Crippen LogP contribution >= 0.6 is 0 Å². The minimum absolute atomic E-state index is 0.132. The number of carbonyl (C=O) groups excluding carboxylic acids is 2. The summed E-state index contributed by atoms with van der Waals surface area (Å²) in [6, 6.07) is 12.0. The lowest BCUT2D eigenvalue weighted by Gasteiger charge is -2.36. The maximum absolute atomic E-state index is 13.8. The van der Waals surface area contributed by atoms with Crippen molar-refractivity contribution in [2.75, 3.05) is 20.3 Å². The molecule has 5 rings (SSSR count). The Labute approximate surface area is 219 Å². The summed E-state index contributed by atoms with van der Waals surface area (Å²) in [4.78, 5) is 42.5. The quantitative estimate of drug-likeness (QED) is 0.341. The fourth-order valence-corrected chi connectivity index (χ4v) is 5.54. The Morgan fingerprint density at radius 3 is 2.63 bits per heavy atom. The van der Waals surface area contributed by atoms with E-state index in [1.165, 1.54) is 12.1 Å². The second-order valence-corrected chi connectivity index (χ2v) is 9.65. The second kappa shape index (κ2) is 10.7. The number of dihydropyridines is 1. The number of nitrogens with one attached hydrogen (secondary N) is 1. The molecule has 0 amide bonds. The van der Waals surface area contributed by atoms with E-state index >= 15 is 0 Å². The zero-order valence-corrected chi connectivity index (χ0v) is 21.3. The van der Waals surface area contributed by atoms with Crippen LogP contribution in [-0.4, -0.2) is 48.1 Å². The molecule has 1 aliphatic carbocycles. The predicted molar refractivity (Wildman–Crippen MR) is 136 cm³/mol. The highest BCUT2D eigenvalue weighted by atomic mass is 16.6. The third kappa shape index (κ3) is 4.91. The van der Waals surface area contributed by atoms with Gasteiger partial charge in [-0.25, -0.2) is 4.79 Å². The van der Waals surface area contributed by atoms with Crippen LogP contribution < -0.4 is 10.1 Å². The van der Waals surface area contributed by atoms with Gasteiger partial charge in [0, 0.05) is 48.2 Å². The molecule has 0 radical (unpaired) electrons. The van der Waals surface area contributed by atoms with Gasteiger partial charge in [-0.05, 0) is 47.0 Å². The third-order valence-corrected chi connectivity index (χ3v) is 7.31. The van der Waals surface area contributed by atoms with E-state index in [-0.39, 0.29) is 41.3 Å². The molecule has 1 N–H and O–H groups in total. The van der Waals surface area contributed by atoms with Gasteiger partial charge in [0.2, 0.25) is 0 Å². The van der Waals surface area contributed by atoms with E-state index in [0.717, 1.165) is 5.56 Å². The van der Waals surface area contributed by atoms with Gasteiger partial charge in [0.05, 0.1) is 31.8 Å². The molecule has 3 aliphatic rings. The van der Waals surface area contributed by atoms with Crippen LogP contribution in [0.3, 0.4) is 0 Å². The zero-order chi connectivity index (χ0) is 26.8. The number of ketones is 1. The normalized spacial score (nSPS) is 22.0. The molecule has 2 atom stereocenters. The minimum atomic E-state index is -0.885. The van der Waals surface area contributed by atoms with E-state index < -0.39 is 16.8 Å². The summed E-state index contributed by atoms with van der Waals surface area (Å²) in [7, 11) is 1.60. The standard InChI is InChI=1S/C28H29N3O7/c1-16-25(28(33)38-18-10-12-37-13-11-18)27(20-7-5-9-24(30-20)31(34)35)26-21(29-16)14-17(15-22(26)32)19-6-3-4-8-23(19)36-2/h3-9,17-18,27,29H,10-15H2,1-2H3.